The van der Waals surface area contributed by atoms with Crippen LogP contribution in [0.5, 0.6) is 0 Å². The summed E-state index contributed by atoms with van der Waals surface area (Å²) in [6.45, 7) is 5.31. The maximum atomic E-state index is 6.30. The number of aliphatic imine (C=N–C) groups is 1. The van der Waals surface area contributed by atoms with Gasteiger partial charge >= 0.3 is 0 Å². The van der Waals surface area contributed by atoms with Crippen molar-refractivity contribution in [3.8, 4) is 0 Å². The number of ether oxygens (including phenoxy) is 2. The summed E-state index contributed by atoms with van der Waals surface area (Å²) < 4.78 is 11.9. The predicted molar refractivity (Wildman–Crippen MR) is 137 cm³/mol. The molecule has 6 nitrogen and oxygen atoms in total. The quantitative estimate of drug-likeness (QED) is 0.344. The lowest BCUT2D eigenvalue weighted by Gasteiger charge is -2.41. The number of halogens is 2. The smallest absolute Gasteiger partial charge is 0.193 e. The Morgan fingerprint density at radius 2 is 2.00 bits per heavy atom. The van der Waals surface area contributed by atoms with Gasteiger partial charge in [0.15, 0.2) is 5.96 Å². The molecule has 0 bridgehead atoms. The number of nitrogens with zero attached hydrogens (tertiary/aromatic N) is 3. The molecule has 1 N–H and O–H groups in total. The van der Waals surface area contributed by atoms with Gasteiger partial charge in [0.05, 0.1) is 12.7 Å². The Labute approximate surface area is 208 Å². The number of morpholine rings is 1. The molecule has 1 aromatic carbocycles. The maximum Gasteiger partial charge on any atom is 0.193 e. The van der Waals surface area contributed by atoms with Gasteiger partial charge in [-0.15, -0.1) is 24.0 Å². The Kier molecular flexibility index (Phi) is 9.70. The Bertz CT molecular complexity index is 731. The lowest BCUT2D eigenvalue weighted by Crippen LogP contribution is -2.54. The SMILES string of the molecule is CN=C(NCC1CCCN(C)C1c1cccc(Cl)c1)N1CCOC(C2CCCO2)C1.I. The van der Waals surface area contributed by atoms with Crippen LogP contribution in [0.2, 0.25) is 5.02 Å². The highest BCUT2D eigenvalue weighted by molar-refractivity contribution is 14.0. The minimum absolute atomic E-state index is 0. The van der Waals surface area contributed by atoms with Crippen molar-refractivity contribution in [1.29, 1.82) is 0 Å². The third-order valence-corrected chi connectivity index (χ3v) is 6.94. The topological polar surface area (TPSA) is 49.3 Å². The first-order valence-corrected chi connectivity index (χ1v) is 11.7. The van der Waals surface area contributed by atoms with Gasteiger partial charge in [-0.1, -0.05) is 23.7 Å². The van der Waals surface area contributed by atoms with Crippen molar-refractivity contribution in [2.45, 2.75) is 43.9 Å². The molecule has 4 unspecified atom stereocenters. The van der Waals surface area contributed by atoms with Crippen molar-refractivity contribution in [2.75, 3.05) is 53.5 Å². The Morgan fingerprint density at radius 3 is 2.74 bits per heavy atom. The van der Waals surface area contributed by atoms with Gasteiger partial charge in [0, 0.05) is 44.4 Å². The van der Waals surface area contributed by atoms with Gasteiger partial charge in [0.25, 0.3) is 0 Å². The molecule has 4 atom stereocenters. The van der Waals surface area contributed by atoms with Crippen molar-refractivity contribution >= 4 is 41.5 Å². The lowest BCUT2D eigenvalue weighted by atomic mass is 9.85. The van der Waals surface area contributed by atoms with Crippen molar-refractivity contribution < 1.29 is 9.47 Å². The van der Waals surface area contributed by atoms with Gasteiger partial charge in [-0.3, -0.25) is 9.89 Å². The van der Waals surface area contributed by atoms with Crippen LogP contribution < -0.4 is 5.32 Å². The van der Waals surface area contributed by atoms with Gasteiger partial charge in [0.1, 0.15) is 6.10 Å². The third-order valence-electron chi connectivity index (χ3n) is 6.70. The zero-order valence-electron chi connectivity index (χ0n) is 18.6. The first-order valence-electron chi connectivity index (χ1n) is 11.3. The summed E-state index contributed by atoms with van der Waals surface area (Å²) >= 11 is 6.30. The van der Waals surface area contributed by atoms with Gasteiger partial charge in [-0.2, -0.15) is 0 Å². The molecule has 8 heteroatoms. The summed E-state index contributed by atoms with van der Waals surface area (Å²) in [6.07, 6.45) is 5.02. The van der Waals surface area contributed by atoms with Crippen molar-refractivity contribution in [3.05, 3.63) is 34.9 Å². The van der Waals surface area contributed by atoms with E-state index in [1.54, 1.807) is 0 Å². The average Bonchev–Trinajstić information content (AvgIpc) is 3.29. The van der Waals surface area contributed by atoms with Gasteiger partial charge < -0.3 is 19.7 Å². The van der Waals surface area contributed by atoms with Crippen LogP contribution in [0.15, 0.2) is 29.3 Å². The molecule has 0 aliphatic carbocycles. The third kappa shape index (κ3) is 6.25. The number of rotatable bonds is 4. The minimum Gasteiger partial charge on any atom is -0.375 e. The molecule has 0 radical (unpaired) electrons. The average molecular weight is 563 g/mol. The summed E-state index contributed by atoms with van der Waals surface area (Å²) in [5.74, 6) is 1.48. The first kappa shape index (κ1) is 25.0. The molecule has 0 saturated carbocycles. The van der Waals surface area contributed by atoms with Crippen LogP contribution in [0.3, 0.4) is 0 Å². The van der Waals surface area contributed by atoms with Crippen LogP contribution in [0.4, 0.5) is 0 Å². The van der Waals surface area contributed by atoms with Crippen LogP contribution in [0, 0.1) is 5.92 Å². The van der Waals surface area contributed by atoms with Crippen LogP contribution in [-0.4, -0.2) is 81.5 Å². The van der Waals surface area contributed by atoms with Crippen LogP contribution >= 0.6 is 35.6 Å². The first-order chi connectivity index (χ1) is 14.7. The zero-order chi connectivity index (χ0) is 20.9. The molecule has 0 spiro atoms. The van der Waals surface area contributed by atoms with E-state index in [2.05, 4.69) is 45.4 Å². The van der Waals surface area contributed by atoms with E-state index in [1.165, 1.54) is 18.4 Å². The second-order valence-electron chi connectivity index (χ2n) is 8.72. The fourth-order valence-corrected chi connectivity index (χ4v) is 5.43. The molecular formula is C23H36ClIN4O2. The summed E-state index contributed by atoms with van der Waals surface area (Å²) in [5.41, 5.74) is 1.30. The van der Waals surface area contributed by atoms with Gasteiger partial charge in [-0.25, -0.2) is 0 Å². The normalized spacial score (nSPS) is 30.2. The highest BCUT2D eigenvalue weighted by Gasteiger charge is 2.34. The Balaban J connectivity index is 0.00000272. The molecule has 3 saturated heterocycles. The van der Waals surface area contributed by atoms with E-state index in [-0.39, 0.29) is 36.2 Å². The number of benzene rings is 1. The molecular weight excluding hydrogens is 527 g/mol. The largest absolute Gasteiger partial charge is 0.375 e. The number of hydrogen-bond acceptors (Lipinski definition) is 4. The molecule has 31 heavy (non-hydrogen) atoms. The van der Waals surface area contributed by atoms with Crippen molar-refractivity contribution in [2.24, 2.45) is 10.9 Å². The van der Waals surface area contributed by atoms with E-state index in [0.717, 1.165) is 63.2 Å². The molecule has 4 rings (SSSR count). The molecule has 0 aromatic heterocycles. The number of nitrogens with one attached hydrogen (secondary N) is 1. The predicted octanol–water partition coefficient (Wildman–Crippen LogP) is 3.80. The second-order valence-corrected chi connectivity index (χ2v) is 9.15. The van der Waals surface area contributed by atoms with E-state index in [1.807, 2.05) is 13.1 Å². The van der Waals surface area contributed by atoms with Crippen LogP contribution in [0.1, 0.15) is 37.3 Å². The second kappa shape index (κ2) is 12.0. The zero-order valence-corrected chi connectivity index (χ0v) is 21.7. The molecule has 174 valence electrons. The number of hydrogen-bond donors (Lipinski definition) is 1. The van der Waals surface area contributed by atoms with E-state index in [0.29, 0.717) is 12.0 Å². The van der Waals surface area contributed by atoms with Crippen molar-refractivity contribution in [1.82, 2.24) is 15.1 Å². The van der Waals surface area contributed by atoms with Crippen LogP contribution in [0.25, 0.3) is 0 Å². The summed E-state index contributed by atoms with van der Waals surface area (Å²) in [7, 11) is 4.10. The summed E-state index contributed by atoms with van der Waals surface area (Å²) in [5, 5.41) is 4.48. The van der Waals surface area contributed by atoms with E-state index < -0.39 is 0 Å². The molecule has 3 aliphatic heterocycles. The maximum absolute atomic E-state index is 6.30. The standard InChI is InChI=1S/C23H35ClN4O2.HI/c1-25-23(28-11-13-30-21(16-28)20-9-5-12-29-20)26-15-18-7-4-10-27(2)22(18)17-6-3-8-19(24)14-17;/h3,6,8,14,18,20-22H,4-5,7,9-13,15-16H2,1-2H3,(H,25,26);1H. The Morgan fingerprint density at radius 1 is 1.16 bits per heavy atom. The molecule has 3 heterocycles. The van der Waals surface area contributed by atoms with E-state index in [4.69, 9.17) is 21.1 Å². The minimum atomic E-state index is 0. The fourth-order valence-electron chi connectivity index (χ4n) is 5.23. The lowest BCUT2D eigenvalue weighted by molar-refractivity contribution is -0.0817. The van der Waals surface area contributed by atoms with Crippen LogP contribution in [-0.2, 0) is 9.47 Å². The molecule has 3 aliphatic rings. The highest BCUT2D eigenvalue weighted by Crippen LogP contribution is 2.35. The van der Waals surface area contributed by atoms with Crippen molar-refractivity contribution in [3.63, 3.8) is 0 Å². The Hall–Kier alpha value is -0.610. The number of piperidine rings is 1. The number of likely N-dealkylation sites (tertiary alicyclic amines) is 1. The summed E-state index contributed by atoms with van der Waals surface area (Å²) in [4.78, 5) is 9.38. The fraction of sp³-hybridized carbons (Fsp3) is 0.696. The number of guanidine groups is 1. The molecule has 0 amide bonds. The van der Waals surface area contributed by atoms with Gasteiger partial charge in [0.2, 0.25) is 0 Å². The van der Waals surface area contributed by atoms with E-state index >= 15 is 0 Å². The molecule has 1 aromatic rings. The highest BCUT2D eigenvalue weighted by atomic mass is 127. The van der Waals surface area contributed by atoms with Gasteiger partial charge in [-0.05, 0) is 62.9 Å². The molecule has 3 fully saturated rings. The monoisotopic (exact) mass is 562 g/mol. The van der Waals surface area contributed by atoms with E-state index in [9.17, 15) is 0 Å². The summed E-state index contributed by atoms with van der Waals surface area (Å²) in [6, 6.07) is 8.69.